The van der Waals surface area contributed by atoms with E-state index in [1.807, 2.05) is 64.1 Å². The van der Waals surface area contributed by atoms with Gasteiger partial charge in [0.15, 0.2) is 11.5 Å². The van der Waals surface area contributed by atoms with E-state index in [0.29, 0.717) is 17.2 Å². The summed E-state index contributed by atoms with van der Waals surface area (Å²) in [4.78, 5) is 14.5. The molecule has 1 aliphatic heterocycles. The molecule has 0 bridgehead atoms. The number of fused-ring (bicyclic) bond motifs is 1. The maximum atomic E-state index is 13.0. The minimum Gasteiger partial charge on any atom is -0.507 e. The van der Waals surface area contributed by atoms with Crippen LogP contribution in [0, 0.1) is 0 Å². The Hall–Kier alpha value is -2.79. The van der Waals surface area contributed by atoms with Crippen LogP contribution < -0.4 is 9.64 Å². The molecule has 5 nitrogen and oxygen atoms in total. The van der Waals surface area contributed by atoms with E-state index in [1.165, 1.54) is 0 Å². The molecule has 2 aromatic rings. The molecule has 0 spiro atoms. The van der Waals surface area contributed by atoms with Crippen molar-refractivity contribution < 1.29 is 19.4 Å². The molecule has 1 amide bonds. The standard InChI is InChI=1S/C23H27NO4/c1-14(2)17-10-16(11-18(15(3)4)22(17)25)12-21-23(26)24(13-27-5)19-8-6-7-9-20(19)28-21/h6-12,14-15,25H,13H2,1-5H3. The zero-order chi connectivity index (χ0) is 20.4. The molecule has 1 heterocycles. The Kier molecular flexibility index (Phi) is 5.75. The fourth-order valence-electron chi connectivity index (χ4n) is 3.34. The van der Waals surface area contributed by atoms with Gasteiger partial charge in [0.25, 0.3) is 5.91 Å². The normalized spacial score (nSPS) is 15.3. The van der Waals surface area contributed by atoms with Crippen molar-refractivity contribution in [3.63, 3.8) is 0 Å². The summed E-state index contributed by atoms with van der Waals surface area (Å²) in [6, 6.07) is 11.2. The van der Waals surface area contributed by atoms with Crippen LogP contribution in [-0.4, -0.2) is 24.9 Å². The summed E-state index contributed by atoms with van der Waals surface area (Å²) in [6.45, 7) is 8.29. The lowest BCUT2D eigenvalue weighted by Gasteiger charge is -2.29. The van der Waals surface area contributed by atoms with Crippen molar-refractivity contribution in [1.29, 1.82) is 0 Å². The number of hydrogen-bond acceptors (Lipinski definition) is 4. The van der Waals surface area contributed by atoms with Gasteiger partial charge >= 0.3 is 0 Å². The van der Waals surface area contributed by atoms with Crippen LogP contribution in [0.25, 0.3) is 6.08 Å². The van der Waals surface area contributed by atoms with Gasteiger partial charge in [-0.15, -0.1) is 0 Å². The molecule has 2 aromatic carbocycles. The number of anilines is 1. The van der Waals surface area contributed by atoms with Crippen LogP contribution in [0.15, 0.2) is 42.2 Å². The lowest BCUT2D eigenvalue weighted by atomic mass is 9.91. The Morgan fingerprint density at radius 3 is 2.29 bits per heavy atom. The zero-order valence-electron chi connectivity index (χ0n) is 17.0. The maximum Gasteiger partial charge on any atom is 0.296 e. The largest absolute Gasteiger partial charge is 0.507 e. The number of para-hydroxylation sites is 2. The topological polar surface area (TPSA) is 59.0 Å². The van der Waals surface area contributed by atoms with Gasteiger partial charge in [-0.05, 0) is 58.9 Å². The molecule has 0 aromatic heterocycles. The second-order valence-electron chi connectivity index (χ2n) is 7.59. The molecule has 1 aliphatic rings. The third kappa shape index (κ3) is 3.76. The summed E-state index contributed by atoms with van der Waals surface area (Å²) in [5.74, 6) is 1.22. The van der Waals surface area contributed by atoms with Gasteiger partial charge in [0.1, 0.15) is 12.5 Å². The first-order chi connectivity index (χ1) is 13.3. The van der Waals surface area contributed by atoms with E-state index in [-0.39, 0.29) is 30.2 Å². The van der Waals surface area contributed by atoms with Crippen molar-refractivity contribution in [1.82, 2.24) is 0 Å². The number of carbonyl (C=O) groups excluding carboxylic acids is 1. The third-order valence-electron chi connectivity index (χ3n) is 4.82. The summed E-state index contributed by atoms with van der Waals surface area (Å²) in [7, 11) is 1.55. The van der Waals surface area contributed by atoms with Crippen molar-refractivity contribution in [2.75, 3.05) is 18.7 Å². The highest BCUT2D eigenvalue weighted by Crippen LogP contribution is 2.38. The smallest absolute Gasteiger partial charge is 0.296 e. The molecule has 0 saturated heterocycles. The lowest BCUT2D eigenvalue weighted by Crippen LogP contribution is -2.38. The molecule has 0 unspecified atom stereocenters. The van der Waals surface area contributed by atoms with Gasteiger partial charge in [-0.1, -0.05) is 39.8 Å². The highest BCUT2D eigenvalue weighted by atomic mass is 16.5. The Balaban J connectivity index is 2.09. The molecule has 0 saturated carbocycles. The molecular weight excluding hydrogens is 354 g/mol. The van der Waals surface area contributed by atoms with Gasteiger partial charge in [-0.25, -0.2) is 0 Å². The Morgan fingerprint density at radius 1 is 1.11 bits per heavy atom. The molecule has 148 valence electrons. The van der Waals surface area contributed by atoms with Gasteiger partial charge in [0, 0.05) is 7.11 Å². The number of phenolic OH excluding ortho intramolecular Hbond substituents is 1. The van der Waals surface area contributed by atoms with Crippen LogP contribution in [0.5, 0.6) is 11.5 Å². The summed E-state index contributed by atoms with van der Waals surface area (Å²) in [6.07, 6.45) is 1.73. The van der Waals surface area contributed by atoms with Crippen molar-refractivity contribution in [3.05, 3.63) is 58.8 Å². The van der Waals surface area contributed by atoms with Crippen molar-refractivity contribution >= 4 is 17.7 Å². The quantitative estimate of drug-likeness (QED) is 0.740. The minimum absolute atomic E-state index is 0.139. The number of ether oxygens (including phenoxy) is 2. The average Bonchev–Trinajstić information content (AvgIpc) is 2.65. The number of nitrogens with zero attached hydrogens (tertiary/aromatic N) is 1. The number of amides is 1. The molecule has 0 aliphatic carbocycles. The second-order valence-corrected chi connectivity index (χ2v) is 7.59. The zero-order valence-corrected chi connectivity index (χ0v) is 17.0. The molecule has 0 fully saturated rings. The van der Waals surface area contributed by atoms with Crippen molar-refractivity contribution in [2.24, 2.45) is 0 Å². The Bertz CT molecular complexity index is 886. The van der Waals surface area contributed by atoms with E-state index >= 15 is 0 Å². The molecular formula is C23H27NO4. The highest BCUT2D eigenvalue weighted by Gasteiger charge is 2.30. The highest BCUT2D eigenvalue weighted by molar-refractivity contribution is 6.09. The molecule has 5 heteroatoms. The first-order valence-electron chi connectivity index (χ1n) is 9.49. The van der Waals surface area contributed by atoms with E-state index < -0.39 is 0 Å². The van der Waals surface area contributed by atoms with E-state index in [0.717, 1.165) is 16.7 Å². The van der Waals surface area contributed by atoms with Crippen molar-refractivity contribution in [2.45, 2.75) is 39.5 Å². The van der Waals surface area contributed by atoms with Crippen molar-refractivity contribution in [3.8, 4) is 11.5 Å². The van der Waals surface area contributed by atoms with Crippen LogP contribution >= 0.6 is 0 Å². The molecule has 0 atom stereocenters. The summed E-state index contributed by atoms with van der Waals surface area (Å²) >= 11 is 0. The van der Waals surface area contributed by atoms with Gasteiger partial charge in [0.05, 0.1) is 5.69 Å². The van der Waals surface area contributed by atoms with E-state index in [9.17, 15) is 9.90 Å². The number of rotatable bonds is 5. The molecule has 1 N–H and O–H groups in total. The van der Waals surface area contributed by atoms with Gasteiger partial charge < -0.3 is 14.6 Å². The van der Waals surface area contributed by atoms with Gasteiger partial charge in [0.2, 0.25) is 0 Å². The molecule has 3 rings (SSSR count). The predicted octanol–water partition coefficient (Wildman–Crippen LogP) is 5.01. The van der Waals surface area contributed by atoms with Crippen LogP contribution in [0.3, 0.4) is 0 Å². The number of aromatic hydroxyl groups is 1. The van der Waals surface area contributed by atoms with E-state index in [2.05, 4.69) is 0 Å². The van der Waals surface area contributed by atoms with Crippen LogP contribution in [0.2, 0.25) is 0 Å². The van der Waals surface area contributed by atoms with E-state index in [4.69, 9.17) is 9.47 Å². The Labute approximate surface area is 166 Å². The number of phenols is 1. The summed E-state index contributed by atoms with van der Waals surface area (Å²) in [5.41, 5.74) is 3.22. The number of methoxy groups -OCH3 is 1. The minimum atomic E-state index is -0.259. The monoisotopic (exact) mass is 381 g/mol. The first-order valence-corrected chi connectivity index (χ1v) is 9.49. The number of benzene rings is 2. The number of hydrogen-bond donors (Lipinski definition) is 1. The lowest BCUT2D eigenvalue weighted by molar-refractivity contribution is -0.118. The SMILES string of the molecule is COCN1C(=O)C(=Cc2cc(C(C)C)c(O)c(C(C)C)c2)Oc2ccccc21. The van der Waals surface area contributed by atoms with E-state index in [1.54, 1.807) is 18.1 Å². The first kappa shape index (κ1) is 20.0. The van der Waals surface area contributed by atoms with Gasteiger partial charge in [-0.3, -0.25) is 9.69 Å². The Morgan fingerprint density at radius 2 is 1.71 bits per heavy atom. The fraction of sp³-hybridized carbons (Fsp3) is 0.348. The average molecular weight is 381 g/mol. The van der Waals surface area contributed by atoms with Crippen LogP contribution in [-0.2, 0) is 9.53 Å². The number of carbonyl (C=O) groups is 1. The summed E-state index contributed by atoms with van der Waals surface area (Å²) in [5, 5.41) is 10.6. The molecule has 28 heavy (non-hydrogen) atoms. The second kappa shape index (κ2) is 8.07. The predicted molar refractivity (Wildman–Crippen MR) is 111 cm³/mol. The molecule has 0 radical (unpaired) electrons. The fourth-order valence-corrected chi connectivity index (χ4v) is 3.34. The maximum absolute atomic E-state index is 13.0. The van der Waals surface area contributed by atoms with Gasteiger partial charge in [-0.2, -0.15) is 0 Å². The van der Waals surface area contributed by atoms with Crippen LogP contribution in [0.4, 0.5) is 5.69 Å². The van der Waals surface area contributed by atoms with Crippen LogP contribution in [0.1, 0.15) is 56.2 Å². The summed E-state index contributed by atoms with van der Waals surface area (Å²) < 4.78 is 11.1. The third-order valence-corrected chi connectivity index (χ3v) is 4.82.